The molecule has 0 spiro atoms. The number of ether oxygens (including phenoxy) is 1. The third-order valence-corrected chi connectivity index (χ3v) is 6.28. The number of amides is 1. The average Bonchev–Trinajstić information content (AvgIpc) is 2.87. The molecule has 0 saturated carbocycles. The van der Waals surface area contributed by atoms with Crippen molar-refractivity contribution in [3.8, 4) is 5.75 Å². The molecule has 0 N–H and O–H groups in total. The highest BCUT2D eigenvalue weighted by molar-refractivity contribution is 7.91. The third-order valence-electron chi connectivity index (χ3n) is 4.53. The topological polar surface area (TPSA) is 63.7 Å². The van der Waals surface area contributed by atoms with Gasteiger partial charge in [0.25, 0.3) is 0 Å². The number of carbonyl (C=O) groups is 1. The molecule has 3 rings (SSSR count). The van der Waals surface area contributed by atoms with Gasteiger partial charge >= 0.3 is 0 Å². The standard InChI is InChI=1S/C16H21NO4S/c1-2-17(12-8-10-22(19,20)11-12)16(18)14-7-9-21-15-6-4-3-5-13(14)15/h3-6,12,14H,2,7-11H2,1H3. The molecule has 0 radical (unpaired) electrons. The second-order valence-electron chi connectivity index (χ2n) is 5.91. The van der Waals surface area contributed by atoms with E-state index in [9.17, 15) is 13.2 Å². The van der Waals surface area contributed by atoms with Gasteiger partial charge in [-0.15, -0.1) is 0 Å². The Bertz CT molecular complexity index is 670. The molecule has 0 aromatic heterocycles. The molecule has 1 amide bonds. The van der Waals surface area contributed by atoms with Gasteiger partial charge in [0.05, 0.1) is 24.0 Å². The van der Waals surface area contributed by atoms with Crippen molar-refractivity contribution in [3.63, 3.8) is 0 Å². The van der Waals surface area contributed by atoms with E-state index in [-0.39, 0.29) is 29.4 Å². The van der Waals surface area contributed by atoms with E-state index in [1.807, 2.05) is 31.2 Å². The molecule has 2 unspecified atom stereocenters. The Balaban J connectivity index is 1.84. The van der Waals surface area contributed by atoms with Gasteiger partial charge in [-0.1, -0.05) is 18.2 Å². The van der Waals surface area contributed by atoms with E-state index in [0.29, 0.717) is 26.0 Å². The monoisotopic (exact) mass is 323 g/mol. The van der Waals surface area contributed by atoms with E-state index in [0.717, 1.165) is 11.3 Å². The van der Waals surface area contributed by atoms with Crippen molar-refractivity contribution in [1.82, 2.24) is 4.90 Å². The lowest BCUT2D eigenvalue weighted by Gasteiger charge is -2.33. The van der Waals surface area contributed by atoms with Gasteiger partial charge in [0.2, 0.25) is 5.91 Å². The maximum absolute atomic E-state index is 13.0. The lowest BCUT2D eigenvalue weighted by atomic mass is 9.91. The molecule has 0 aliphatic carbocycles. The van der Waals surface area contributed by atoms with E-state index in [2.05, 4.69) is 0 Å². The highest BCUT2D eigenvalue weighted by Gasteiger charge is 2.38. The van der Waals surface area contributed by atoms with Crippen molar-refractivity contribution in [1.29, 1.82) is 0 Å². The zero-order valence-electron chi connectivity index (χ0n) is 12.7. The summed E-state index contributed by atoms with van der Waals surface area (Å²) in [6.45, 7) is 2.97. The van der Waals surface area contributed by atoms with E-state index in [1.165, 1.54) is 0 Å². The van der Waals surface area contributed by atoms with E-state index < -0.39 is 9.84 Å². The van der Waals surface area contributed by atoms with Crippen LogP contribution in [0.2, 0.25) is 0 Å². The maximum atomic E-state index is 13.0. The molecule has 1 aromatic rings. The normalized spacial score (nSPS) is 26.0. The zero-order valence-corrected chi connectivity index (χ0v) is 13.5. The Morgan fingerprint density at radius 1 is 1.32 bits per heavy atom. The fourth-order valence-electron chi connectivity index (χ4n) is 3.41. The second kappa shape index (κ2) is 5.91. The van der Waals surface area contributed by atoms with Crippen molar-refractivity contribution in [2.24, 2.45) is 0 Å². The molecule has 2 aliphatic rings. The molecule has 1 aromatic carbocycles. The molecular formula is C16H21NO4S. The Morgan fingerprint density at radius 3 is 2.77 bits per heavy atom. The first-order valence-electron chi connectivity index (χ1n) is 7.74. The molecule has 0 bridgehead atoms. The summed E-state index contributed by atoms with van der Waals surface area (Å²) < 4.78 is 29.0. The maximum Gasteiger partial charge on any atom is 0.230 e. The lowest BCUT2D eigenvalue weighted by Crippen LogP contribution is -2.44. The summed E-state index contributed by atoms with van der Waals surface area (Å²) in [5, 5.41) is 0. The number of likely N-dealkylation sites (N-methyl/N-ethyl adjacent to an activating group) is 1. The van der Waals surface area contributed by atoms with Crippen LogP contribution in [-0.2, 0) is 14.6 Å². The Kier molecular flexibility index (Phi) is 4.12. The average molecular weight is 323 g/mol. The van der Waals surface area contributed by atoms with Crippen LogP contribution in [0.15, 0.2) is 24.3 Å². The third kappa shape index (κ3) is 2.84. The van der Waals surface area contributed by atoms with Crippen LogP contribution in [0.25, 0.3) is 0 Å². The molecule has 1 fully saturated rings. The molecule has 22 heavy (non-hydrogen) atoms. The number of rotatable bonds is 3. The second-order valence-corrected chi connectivity index (χ2v) is 8.14. The molecule has 1 saturated heterocycles. The number of carbonyl (C=O) groups excluding carboxylic acids is 1. The summed E-state index contributed by atoms with van der Waals surface area (Å²) >= 11 is 0. The summed E-state index contributed by atoms with van der Waals surface area (Å²) in [5.74, 6) is 0.847. The molecule has 2 atom stereocenters. The minimum absolute atomic E-state index is 0.0281. The predicted molar refractivity (Wildman–Crippen MR) is 83.7 cm³/mol. The first-order chi connectivity index (χ1) is 10.5. The number of fused-ring (bicyclic) bond motifs is 1. The summed E-state index contributed by atoms with van der Waals surface area (Å²) in [4.78, 5) is 14.7. The summed E-state index contributed by atoms with van der Waals surface area (Å²) in [6.07, 6.45) is 1.19. The van der Waals surface area contributed by atoms with Gasteiger partial charge in [-0.25, -0.2) is 8.42 Å². The number of hydrogen-bond donors (Lipinski definition) is 0. The number of hydrogen-bond acceptors (Lipinski definition) is 4. The Labute approximate surface area is 131 Å². The van der Waals surface area contributed by atoms with Crippen LogP contribution >= 0.6 is 0 Å². The minimum Gasteiger partial charge on any atom is -0.493 e. The zero-order chi connectivity index (χ0) is 15.7. The summed E-state index contributed by atoms with van der Waals surface area (Å²) in [5.41, 5.74) is 0.915. The van der Waals surface area contributed by atoms with Crippen LogP contribution in [0.4, 0.5) is 0 Å². The summed E-state index contributed by atoms with van der Waals surface area (Å²) in [7, 11) is -2.99. The highest BCUT2D eigenvalue weighted by Crippen LogP contribution is 2.35. The van der Waals surface area contributed by atoms with Crippen LogP contribution < -0.4 is 4.74 Å². The van der Waals surface area contributed by atoms with Gasteiger partial charge in [-0.3, -0.25) is 4.79 Å². The molecule has 2 heterocycles. The quantitative estimate of drug-likeness (QED) is 0.847. The van der Waals surface area contributed by atoms with Crippen LogP contribution in [0.5, 0.6) is 5.75 Å². The van der Waals surface area contributed by atoms with Gasteiger partial charge in [-0.2, -0.15) is 0 Å². The van der Waals surface area contributed by atoms with Gasteiger partial charge < -0.3 is 9.64 Å². The number of sulfone groups is 1. The first kappa shape index (κ1) is 15.3. The minimum atomic E-state index is -2.99. The van der Waals surface area contributed by atoms with Crippen LogP contribution in [0.3, 0.4) is 0 Å². The summed E-state index contributed by atoms with van der Waals surface area (Å²) in [6, 6.07) is 7.43. The molecule has 5 nitrogen and oxygen atoms in total. The van der Waals surface area contributed by atoms with Crippen molar-refractivity contribution in [2.45, 2.75) is 31.7 Å². The van der Waals surface area contributed by atoms with Gasteiger partial charge in [0.1, 0.15) is 5.75 Å². The Hall–Kier alpha value is -1.56. The van der Waals surface area contributed by atoms with E-state index in [4.69, 9.17) is 4.74 Å². The Morgan fingerprint density at radius 2 is 2.09 bits per heavy atom. The highest BCUT2D eigenvalue weighted by atomic mass is 32.2. The van der Waals surface area contributed by atoms with Crippen molar-refractivity contribution in [3.05, 3.63) is 29.8 Å². The molecule has 120 valence electrons. The predicted octanol–water partition coefficient (Wildman–Crippen LogP) is 1.59. The van der Waals surface area contributed by atoms with Crippen LogP contribution in [-0.4, -0.2) is 49.9 Å². The van der Waals surface area contributed by atoms with Crippen molar-refractivity contribution in [2.75, 3.05) is 24.7 Å². The molecule has 6 heteroatoms. The van der Waals surface area contributed by atoms with Crippen LogP contribution in [0.1, 0.15) is 31.2 Å². The SMILES string of the molecule is CCN(C(=O)C1CCOc2ccccc21)C1CCS(=O)(=O)C1. The van der Waals surface area contributed by atoms with Gasteiger partial charge in [-0.05, 0) is 25.8 Å². The van der Waals surface area contributed by atoms with Crippen molar-refractivity contribution >= 4 is 15.7 Å². The fraction of sp³-hybridized carbons (Fsp3) is 0.562. The smallest absolute Gasteiger partial charge is 0.230 e. The fourth-order valence-corrected chi connectivity index (χ4v) is 5.14. The van der Waals surface area contributed by atoms with Crippen LogP contribution in [0, 0.1) is 0 Å². The largest absolute Gasteiger partial charge is 0.493 e. The number of benzene rings is 1. The lowest BCUT2D eigenvalue weighted by molar-refractivity contribution is -0.135. The number of para-hydroxylation sites is 1. The van der Waals surface area contributed by atoms with E-state index in [1.54, 1.807) is 4.90 Å². The van der Waals surface area contributed by atoms with Gasteiger partial charge in [0.15, 0.2) is 9.84 Å². The first-order valence-corrected chi connectivity index (χ1v) is 9.56. The molecular weight excluding hydrogens is 302 g/mol. The van der Waals surface area contributed by atoms with Gasteiger partial charge in [0, 0.05) is 18.2 Å². The number of nitrogens with zero attached hydrogens (tertiary/aromatic N) is 1. The van der Waals surface area contributed by atoms with E-state index >= 15 is 0 Å². The molecule has 2 aliphatic heterocycles. The van der Waals surface area contributed by atoms with Crippen molar-refractivity contribution < 1.29 is 17.9 Å².